The zero-order valence-electron chi connectivity index (χ0n) is 13.3. The number of rotatable bonds is 1. The minimum atomic E-state index is -0.601. The quantitative estimate of drug-likeness (QED) is 0.695. The molecule has 1 aromatic carbocycles. The smallest absolute Gasteiger partial charge is 0.252 e. The molecule has 1 amide bonds. The van der Waals surface area contributed by atoms with Gasteiger partial charge in [0, 0.05) is 11.0 Å². The second-order valence-corrected chi connectivity index (χ2v) is 7.58. The van der Waals surface area contributed by atoms with E-state index in [1.165, 1.54) is 0 Å². The lowest BCUT2D eigenvalue weighted by Crippen LogP contribution is -2.52. The van der Waals surface area contributed by atoms with Crippen molar-refractivity contribution in [2.24, 2.45) is 23.5 Å². The van der Waals surface area contributed by atoms with Crippen molar-refractivity contribution < 1.29 is 15.0 Å². The Bertz CT molecular complexity index is 711. The van der Waals surface area contributed by atoms with Gasteiger partial charge in [-0.2, -0.15) is 0 Å². The van der Waals surface area contributed by atoms with Crippen LogP contribution in [0.5, 0.6) is 5.75 Å². The highest BCUT2D eigenvalue weighted by Crippen LogP contribution is 2.60. The number of allylic oxidation sites excluding steroid dienone is 1. The number of phenols is 1. The third kappa shape index (κ3) is 1.91. The van der Waals surface area contributed by atoms with Crippen LogP contribution in [-0.4, -0.2) is 22.2 Å². The molecule has 4 heteroatoms. The number of nitrogens with two attached hydrogens (primary N) is 1. The van der Waals surface area contributed by atoms with Gasteiger partial charge in [-0.3, -0.25) is 4.79 Å². The van der Waals surface area contributed by atoms with Crippen molar-refractivity contribution in [1.29, 1.82) is 0 Å². The largest absolute Gasteiger partial charge is 0.507 e. The summed E-state index contributed by atoms with van der Waals surface area (Å²) in [5, 5.41) is 21.1. The van der Waals surface area contributed by atoms with E-state index >= 15 is 0 Å². The number of carbonyl (C=O) groups excluding carboxylic acids is 1. The monoisotopic (exact) mass is 313 g/mol. The summed E-state index contributed by atoms with van der Waals surface area (Å²) >= 11 is 0. The predicted octanol–water partition coefficient (Wildman–Crippen LogP) is 2.27. The molecule has 0 spiro atoms. The van der Waals surface area contributed by atoms with Crippen molar-refractivity contribution in [3.8, 4) is 5.75 Å². The molecule has 4 N–H and O–H groups in total. The number of carbonyl (C=O) groups is 1. The van der Waals surface area contributed by atoms with Crippen molar-refractivity contribution in [1.82, 2.24) is 0 Å². The summed E-state index contributed by atoms with van der Waals surface area (Å²) in [4.78, 5) is 11.7. The Kier molecular flexibility index (Phi) is 3.11. The standard InChI is InChI=1S/C19H23NO3/c1-10-6-7-19-9-12(21)3-5-15(19)14(10)8-11-2-4-13(18(20)23)17(22)16(11)19/h2-5,10,12,14-15,21-22H,6-9H2,1H3,(H2,20,23). The second kappa shape index (κ2) is 4.84. The van der Waals surface area contributed by atoms with Crippen molar-refractivity contribution >= 4 is 5.91 Å². The Morgan fingerprint density at radius 3 is 2.87 bits per heavy atom. The normalized spacial score (nSPS) is 37.8. The van der Waals surface area contributed by atoms with Crippen LogP contribution in [0.2, 0.25) is 0 Å². The topological polar surface area (TPSA) is 83.5 Å². The maximum absolute atomic E-state index is 11.7. The first-order valence-corrected chi connectivity index (χ1v) is 8.45. The molecule has 0 heterocycles. The van der Waals surface area contributed by atoms with Gasteiger partial charge in [0.15, 0.2) is 0 Å². The van der Waals surface area contributed by atoms with E-state index in [1.807, 2.05) is 12.1 Å². The second-order valence-electron chi connectivity index (χ2n) is 7.58. The van der Waals surface area contributed by atoms with Crippen LogP contribution in [0.1, 0.15) is 47.7 Å². The Balaban J connectivity index is 1.98. The van der Waals surface area contributed by atoms with Gasteiger partial charge in [-0.25, -0.2) is 0 Å². The summed E-state index contributed by atoms with van der Waals surface area (Å²) < 4.78 is 0. The molecule has 0 aliphatic heterocycles. The Morgan fingerprint density at radius 2 is 2.13 bits per heavy atom. The third-order valence-electron chi connectivity index (χ3n) is 6.47. The average molecular weight is 313 g/mol. The van der Waals surface area contributed by atoms with Gasteiger partial charge in [0.05, 0.1) is 11.7 Å². The lowest BCUT2D eigenvalue weighted by Gasteiger charge is -2.56. The van der Waals surface area contributed by atoms with Crippen LogP contribution in [0.25, 0.3) is 0 Å². The van der Waals surface area contributed by atoms with Crippen LogP contribution in [-0.2, 0) is 11.8 Å². The van der Waals surface area contributed by atoms with Crippen LogP contribution in [0.4, 0.5) is 0 Å². The summed E-state index contributed by atoms with van der Waals surface area (Å²) in [7, 11) is 0. The first kappa shape index (κ1) is 14.8. The number of aliphatic hydroxyl groups is 1. The van der Waals surface area contributed by atoms with Gasteiger partial charge in [-0.15, -0.1) is 0 Å². The number of amides is 1. The summed E-state index contributed by atoms with van der Waals surface area (Å²) in [5.41, 5.74) is 7.33. The number of fused-ring (bicyclic) bond motifs is 1. The SMILES string of the molecule is CC1CCC23CC(O)C=CC2C1Cc1ccc(C(N)=O)c(O)c13. The van der Waals surface area contributed by atoms with Crippen molar-refractivity contribution in [2.45, 2.75) is 44.1 Å². The highest BCUT2D eigenvalue weighted by molar-refractivity contribution is 5.96. The van der Waals surface area contributed by atoms with E-state index < -0.39 is 12.0 Å². The van der Waals surface area contributed by atoms with Crippen molar-refractivity contribution in [3.05, 3.63) is 41.0 Å². The molecule has 1 saturated carbocycles. The molecule has 5 unspecified atom stereocenters. The molecule has 4 rings (SSSR count). The highest BCUT2D eigenvalue weighted by Gasteiger charge is 2.55. The van der Waals surface area contributed by atoms with Gasteiger partial charge in [0.25, 0.3) is 5.91 Å². The van der Waals surface area contributed by atoms with E-state index in [-0.39, 0.29) is 16.7 Å². The van der Waals surface area contributed by atoms with Gasteiger partial charge in [0.2, 0.25) is 0 Å². The van der Waals surface area contributed by atoms with Gasteiger partial charge in [0.1, 0.15) is 5.75 Å². The fraction of sp³-hybridized carbons (Fsp3) is 0.526. The minimum Gasteiger partial charge on any atom is -0.507 e. The van der Waals surface area contributed by atoms with Crippen molar-refractivity contribution in [3.63, 3.8) is 0 Å². The van der Waals surface area contributed by atoms with E-state index in [1.54, 1.807) is 6.07 Å². The molecule has 0 saturated heterocycles. The Hall–Kier alpha value is -1.81. The highest BCUT2D eigenvalue weighted by atomic mass is 16.3. The van der Waals surface area contributed by atoms with Gasteiger partial charge < -0.3 is 15.9 Å². The number of benzene rings is 1. The van der Waals surface area contributed by atoms with E-state index in [0.29, 0.717) is 24.2 Å². The van der Waals surface area contributed by atoms with Gasteiger partial charge in [-0.05, 0) is 55.1 Å². The zero-order valence-corrected chi connectivity index (χ0v) is 13.3. The lowest BCUT2D eigenvalue weighted by atomic mass is 9.48. The molecule has 1 aromatic rings. The molecule has 122 valence electrons. The molecule has 4 nitrogen and oxygen atoms in total. The van der Waals surface area contributed by atoms with E-state index in [2.05, 4.69) is 13.0 Å². The fourth-order valence-corrected chi connectivity index (χ4v) is 5.42. The van der Waals surface area contributed by atoms with Crippen LogP contribution < -0.4 is 5.73 Å². The molecule has 0 radical (unpaired) electrons. The van der Waals surface area contributed by atoms with Crippen LogP contribution in [0.15, 0.2) is 24.3 Å². The zero-order chi connectivity index (χ0) is 16.4. The van der Waals surface area contributed by atoms with E-state index in [0.717, 1.165) is 30.4 Å². The number of aromatic hydroxyl groups is 1. The first-order valence-electron chi connectivity index (χ1n) is 8.45. The number of hydrogen-bond acceptors (Lipinski definition) is 3. The molecule has 1 fully saturated rings. The number of aliphatic hydroxyl groups excluding tert-OH is 1. The van der Waals surface area contributed by atoms with Crippen molar-refractivity contribution in [2.75, 3.05) is 0 Å². The minimum absolute atomic E-state index is 0.0375. The number of hydrogen-bond donors (Lipinski definition) is 3. The molecule has 2 bridgehead atoms. The summed E-state index contributed by atoms with van der Waals surface area (Å²) in [6, 6.07) is 3.59. The van der Waals surface area contributed by atoms with Gasteiger partial charge >= 0.3 is 0 Å². The molecule has 3 aliphatic rings. The van der Waals surface area contributed by atoms with Crippen LogP contribution in [0.3, 0.4) is 0 Å². The van der Waals surface area contributed by atoms with E-state index in [9.17, 15) is 15.0 Å². The lowest BCUT2D eigenvalue weighted by molar-refractivity contribution is 0.0343. The molecular weight excluding hydrogens is 290 g/mol. The maximum Gasteiger partial charge on any atom is 0.252 e. The van der Waals surface area contributed by atoms with Crippen LogP contribution in [0, 0.1) is 17.8 Å². The molecule has 0 aromatic heterocycles. The van der Waals surface area contributed by atoms with Gasteiger partial charge in [-0.1, -0.05) is 25.1 Å². The Morgan fingerprint density at radius 1 is 1.35 bits per heavy atom. The molecule has 5 atom stereocenters. The number of primary amides is 1. The molecular formula is C19H23NO3. The molecule has 23 heavy (non-hydrogen) atoms. The summed E-state index contributed by atoms with van der Waals surface area (Å²) in [5.74, 6) is 0.904. The van der Waals surface area contributed by atoms with E-state index in [4.69, 9.17) is 5.73 Å². The molecule has 3 aliphatic carbocycles. The summed E-state index contributed by atoms with van der Waals surface area (Å²) in [6.07, 6.45) is 7.08. The predicted molar refractivity (Wildman–Crippen MR) is 87.1 cm³/mol. The van der Waals surface area contributed by atoms with Crippen LogP contribution >= 0.6 is 0 Å². The first-order chi connectivity index (χ1) is 10.9. The Labute approximate surface area is 136 Å². The fourth-order valence-electron chi connectivity index (χ4n) is 5.42. The third-order valence-corrected chi connectivity index (χ3v) is 6.47. The maximum atomic E-state index is 11.7. The summed E-state index contributed by atoms with van der Waals surface area (Å²) in [6.45, 7) is 2.30. The average Bonchev–Trinajstić information content (AvgIpc) is 2.50.